The summed E-state index contributed by atoms with van der Waals surface area (Å²) in [6.45, 7) is 2.65. The van der Waals surface area contributed by atoms with Gasteiger partial charge in [0.05, 0.1) is 18.9 Å². The molecular formula is C9H16N2O3. The zero-order valence-corrected chi connectivity index (χ0v) is 8.16. The highest BCUT2D eigenvalue weighted by atomic mass is 16.5. The molecule has 5 heteroatoms. The number of nitrogens with one attached hydrogen (secondary N) is 1. The van der Waals surface area contributed by atoms with E-state index in [1.807, 2.05) is 0 Å². The number of ether oxygens (including phenoxy) is 1. The van der Waals surface area contributed by atoms with E-state index in [1.165, 1.54) is 4.90 Å². The fraction of sp³-hybridized carbons (Fsp3) is 0.889. The number of carboxylic acid groups (broad SMARTS) is 1. The van der Waals surface area contributed by atoms with Crippen molar-refractivity contribution in [2.75, 3.05) is 26.4 Å². The van der Waals surface area contributed by atoms with Crippen LogP contribution >= 0.6 is 0 Å². The normalized spacial score (nSPS) is 33.3. The molecule has 0 aromatic heterocycles. The summed E-state index contributed by atoms with van der Waals surface area (Å²) in [7, 11) is 0. The Hall–Kier alpha value is -0.810. The van der Waals surface area contributed by atoms with E-state index in [0.29, 0.717) is 19.8 Å². The Morgan fingerprint density at radius 3 is 3.00 bits per heavy atom. The minimum Gasteiger partial charge on any atom is -0.465 e. The van der Waals surface area contributed by atoms with Crippen molar-refractivity contribution in [1.82, 2.24) is 10.2 Å². The summed E-state index contributed by atoms with van der Waals surface area (Å²) in [6, 6.07) is 0. The predicted octanol–water partition coefficient (Wildman–Crippen LogP) is 0.466. The van der Waals surface area contributed by atoms with Gasteiger partial charge in [-0.2, -0.15) is 0 Å². The Morgan fingerprint density at radius 1 is 1.50 bits per heavy atom. The standard InChI is InChI=1S/C9H16N2O3/c12-8(13)11-5-1-2-9(6-11)3-4-10-7-14-9/h10H,1-7H2,(H,12,13). The monoisotopic (exact) mass is 200 g/mol. The van der Waals surface area contributed by atoms with Gasteiger partial charge in [0.1, 0.15) is 0 Å². The van der Waals surface area contributed by atoms with Crippen LogP contribution in [0.3, 0.4) is 0 Å². The topological polar surface area (TPSA) is 61.8 Å². The van der Waals surface area contributed by atoms with E-state index in [2.05, 4.69) is 5.32 Å². The van der Waals surface area contributed by atoms with Gasteiger partial charge in [-0.25, -0.2) is 4.79 Å². The molecule has 1 spiro atoms. The van der Waals surface area contributed by atoms with Gasteiger partial charge in [0.25, 0.3) is 0 Å². The van der Waals surface area contributed by atoms with Crippen molar-refractivity contribution in [3.8, 4) is 0 Å². The van der Waals surface area contributed by atoms with Crippen molar-refractivity contribution in [2.45, 2.75) is 24.9 Å². The fourth-order valence-electron chi connectivity index (χ4n) is 2.25. The highest BCUT2D eigenvalue weighted by Crippen LogP contribution is 2.29. The van der Waals surface area contributed by atoms with E-state index in [-0.39, 0.29) is 5.60 Å². The minimum absolute atomic E-state index is 0.206. The van der Waals surface area contributed by atoms with Gasteiger partial charge in [-0.3, -0.25) is 5.32 Å². The highest BCUT2D eigenvalue weighted by Gasteiger charge is 2.39. The zero-order valence-electron chi connectivity index (χ0n) is 8.16. The first kappa shape index (κ1) is 9.73. The number of rotatable bonds is 0. The number of hydrogen-bond donors (Lipinski definition) is 2. The van der Waals surface area contributed by atoms with Crippen molar-refractivity contribution in [3.05, 3.63) is 0 Å². The number of carbonyl (C=O) groups is 1. The molecule has 80 valence electrons. The maximum atomic E-state index is 10.8. The van der Waals surface area contributed by atoms with E-state index in [9.17, 15) is 4.79 Å². The van der Waals surface area contributed by atoms with Gasteiger partial charge >= 0.3 is 6.09 Å². The quantitative estimate of drug-likeness (QED) is 0.596. The second-order valence-corrected chi connectivity index (χ2v) is 4.03. The average molecular weight is 200 g/mol. The summed E-state index contributed by atoms with van der Waals surface area (Å²) in [5, 5.41) is 12.0. The van der Waals surface area contributed by atoms with Gasteiger partial charge in [0, 0.05) is 13.1 Å². The molecule has 0 aromatic carbocycles. The summed E-state index contributed by atoms with van der Waals surface area (Å²) in [4.78, 5) is 12.3. The number of likely N-dealkylation sites (tertiary alicyclic amines) is 1. The van der Waals surface area contributed by atoms with E-state index in [4.69, 9.17) is 9.84 Å². The first-order valence-corrected chi connectivity index (χ1v) is 5.04. The maximum Gasteiger partial charge on any atom is 0.407 e. The van der Waals surface area contributed by atoms with Crippen molar-refractivity contribution in [3.63, 3.8) is 0 Å². The van der Waals surface area contributed by atoms with Crippen LogP contribution < -0.4 is 5.32 Å². The second-order valence-electron chi connectivity index (χ2n) is 4.03. The molecule has 0 saturated carbocycles. The molecule has 2 N–H and O–H groups in total. The van der Waals surface area contributed by atoms with Gasteiger partial charge in [0.15, 0.2) is 0 Å². The smallest absolute Gasteiger partial charge is 0.407 e. The van der Waals surface area contributed by atoms with Gasteiger partial charge in [-0.15, -0.1) is 0 Å². The number of amides is 1. The van der Waals surface area contributed by atoms with Crippen LogP contribution in [0.2, 0.25) is 0 Å². The summed E-state index contributed by atoms with van der Waals surface area (Å²) in [5.74, 6) is 0. The second kappa shape index (κ2) is 3.74. The summed E-state index contributed by atoms with van der Waals surface area (Å²) in [5.41, 5.74) is -0.206. The van der Waals surface area contributed by atoms with Crippen molar-refractivity contribution in [2.24, 2.45) is 0 Å². The molecule has 0 aromatic rings. The average Bonchev–Trinajstić information content (AvgIpc) is 2.19. The first-order valence-electron chi connectivity index (χ1n) is 5.04. The van der Waals surface area contributed by atoms with E-state index in [1.54, 1.807) is 0 Å². The first-order chi connectivity index (χ1) is 6.72. The SMILES string of the molecule is O=C(O)N1CCCC2(CCNCO2)C1. The zero-order chi connectivity index (χ0) is 10.0. The Labute approximate surface area is 83.0 Å². The molecule has 5 nitrogen and oxygen atoms in total. The largest absolute Gasteiger partial charge is 0.465 e. The lowest BCUT2D eigenvalue weighted by atomic mass is 9.89. The third-order valence-corrected chi connectivity index (χ3v) is 3.05. The third-order valence-electron chi connectivity index (χ3n) is 3.05. The van der Waals surface area contributed by atoms with E-state index in [0.717, 1.165) is 25.8 Å². The lowest BCUT2D eigenvalue weighted by Crippen LogP contribution is -2.55. The van der Waals surface area contributed by atoms with Crippen LogP contribution in [-0.2, 0) is 4.74 Å². The van der Waals surface area contributed by atoms with Gasteiger partial charge in [0.2, 0.25) is 0 Å². The Balaban J connectivity index is 2.01. The molecule has 2 saturated heterocycles. The fourth-order valence-corrected chi connectivity index (χ4v) is 2.25. The summed E-state index contributed by atoms with van der Waals surface area (Å²) in [6.07, 6.45) is 1.98. The molecule has 0 aliphatic carbocycles. The molecular weight excluding hydrogens is 184 g/mol. The molecule has 1 unspecified atom stereocenters. The molecule has 1 amide bonds. The molecule has 1 atom stereocenters. The lowest BCUT2D eigenvalue weighted by molar-refractivity contribution is -0.115. The van der Waals surface area contributed by atoms with Crippen LogP contribution in [-0.4, -0.2) is 48.1 Å². The van der Waals surface area contributed by atoms with E-state index >= 15 is 0 Å². The van der Waals surface area contributed by atoms with Crippen LogP contribution in [0.1, 0.15) is 19.3 Å². The van der Waals surface area contributed by atoms with Crippen molar-refractivity contribution in [1.29, 1.82) is 0 Å². The van der Waals surface area contributed by atoms with Crippen LogP contribution in [0.15, 0.2) is 0 Å². The molecule has 2 fully saturated rings. The molecule has 2 heterocycles. The molecule has 2 aliphatic heterocycles. The van der Waals surface area contributed by atoms with E-state index < -0.39 is 6.09 Å². The molecule has 0 radical (unpaired) electrons. The molecule has 0 bridgehead atoms. The third kappa shape index (κ3) is 1.83. The van der Waals surface area contributed by atoms with Gasteiger partial charge in [-0.1, -0.05) is 0 Å². The van der Waals surface area contributed by atoms with Crippen molar-refractivity contribution < 1.29 is 14.6 Å². The number of piperidine rings is 1. The van der Waals surface area contributed by atoms with Gasteiger partial charge in [-0.05, 0) is 19.3 Å². The minimum atomic E-state index is -0.828. The molecule has 14 heavy (non-hydrogen) atoms. The van der Waals surface area contributed by atoms with Crippen LogP contribution in [0.25, 0.3) is 0 Å². The highest BCUT2D eigenvalue weighted by molar-refractivity contribution is 5.65. The number of hydrogen-bond acceptors (Lipinski definition) is 3. The van der Waals surface area contributed by atoms with Crippen LogP contribution in [0, 0.1) is 0 Å². The molecule has 2 aliphatic rings. The predicted molar refractivity (Wildman–Crippen MR) is 50.1 cm³/mol. The number of nitrogens with zero attached hydrogens (tertiary/aromatic N) is 1. The Bertz CT molecular complexity index is 221. The Morgan fingerprint density at radius 2 is 2.36 bits per heavy atom. The lowest BCUT2D eigenvalue weighted by Gasteiger charge is -2.43. The van der Waals surface area contributed by atoms with Crippen LogP contribution in [0.5, 0.6) is 0 Å². The summed E-state index contributed by atoms with van der Waals surface area (Å²) >= 11 is 0. The van der Waals surface area contributed by atoms with Gasteiger partial charge < -0.3 is 14.7 Å². The maximum absolute atomic E-state index is 10.8. The Kier molecular flexibility index (Phi) is 2.60. The van der Waals surface area contributed by atoms with Crippen LogP contribution in [0.4, 0.5) is 4.79 Å². The van der Waals surface area contributed by atoms with Crippen molar-refractivity contribution >= 4 is 6.09 Å². The summed E-state index contributed by atoms with van der Waals surface area (Å²) < 4.78 is 5.67. The molecule has 2 rings (SSSR count).